The van der Waals surface area contributed by atoms with Gasteiger partial charge in [-0.15, -0.1) is 0 Å². The van der Waals surface area contributed by atoms with Crippen LogP contribution in [0.15, 0.2) is 89.8 Å². The first kappa shape index (κ1) is 22.2. The third-order valence-corrected chi connectivity index (χ3v) is 6.52. The molecule has 9 heteroatoms. The van der Waals surface area contributed by atoms with Crippen molar-refractivity contribution in [2.75, 3.05) is 18.1 Å². The molecule has 33 heavy (non-hydrogen) atoms. The van der Waals surface area contributed by atoms with Gasteiger partial charge in [-0.1, -0.05) is 60.7 Å². The standard InChI is InChI=1S/C24H21N3O5S/c1-33(31,32)20-14-12-19(13-15-20)25-21(28)16-27-22(29)24(26-23(27)30,17-8-4-2-5-9-17)18-10-6-3-7-11-18/h2-15H,16H2,1H3,(H,25,28)(H,26,30). The van der Waals surface area contributed by atoms with E-state index in [1.807, 2.05) is 12.1 Å². The number of imide groups is 1. The Balaban J connectivity index is 1.59. The van der Waals surface area contributed by atoms with Crippen molar-refractivity contribution in [3.8, 4) is 0 Å². The van der Waals surface area contributed by atoms with Gasteiger partial charge in [0.2, 0.25) is 5.91 Å². The van der Waals surface area contributed by atoms with E-state index in [9.17, 15) is 22.8 Å². The van der Waals surface area contributed by atoms with Crippen LogP contribution in [-0.4, -0.2) is 44.0 Å². The van der Waals surface area contributed by atoms with Gasteiger partial charge >= 0.3 is 6.03 Å². The number of carbonyl (C=O) groups is 3. The number of nitrogens with one attached hydrogen (secondary N) is 2. The summed E-state index contributed by atoms with van der Waals surface area (Å²) in [6, 6.07) is 22.6. The third-order valence-electron chi connectivity index (χ3n) is 5.39. The minimum atomic E-state index is -3.37. The van der Waals surface area contributed by atoms with Crippen LogP contribution in [0.5, 0.6) is 0 Å². The Morgan fingerprint density at radius 1 is 0.879 bits per heavy atom. The van der Waals surface area contributed by atoms with Crippen molar-refractivity contribution in [1.29, 1.82) is 0 Å². The maximum atomic E-state index is 13.6. The van der Waals surface area contributed by atoms with Crippen molar-refractivity contribution in [2.24, 2.45) is 0 Å². The van der Waals surface area contributed by atoms with Crippen molar-refractivity contribution < 1.29 is 22.8 Å². The molecule has 0 atom stereocenters. The van der Waals surface area contributed by atoms with E-state index in [2.05, 4.69) is 10.6 Å². The molecule has 1 aliphatic heterocycles. The first-order chi connectivity index (χ1) is 15.7. The summed E-state index contributed by atoms with van der Waals surface area (Å²) in [4.78, 5) is 40.0. The zero-order valence-electron chi connectivity index (χ0n) is 17.7. The second-order valence-corrected chi connectivity index (χ2v) is 9.66. The molecule has 0 radical (unpaired) electrons. The van der Waals surface area contributed by atoms with Crippen molar-refractivity contribution in [3.63, 3.8) is 0 Å². The average Bonchev–Trinajstić information content (AvgIpc) is 3.05. The van der Waals surface area contributed by atoms with E-state index in [0.717, 1.165) is 11.2 Å². The van der Waals surface area contributed by atoms with Gasteiger partial charge < -0.3 is 10.6 Å². The third kappa shape index (κ3) is 4.22. The minimum Gasteiger partial charge on any atom is -0.325 e. The summed E-state index contributed by atoms with van der Waals surface area (Å²) < 4.78 is 23.2. The van der Waals surface area contributed by atoms with Crippen LogP contribution in [0.2, 0.25) is 0 Å². The van der Waals surface area contributed by atoms with Crippen LogP contribution >= 0.6 is 0 Å². The van der Waals surface area contributed by atoms with Crippen molar-refractivity contribution in [1.82, 2.24) is 10.2 Å². The lowest BCUT2D eigenvalue weighted by molar-refractivity contribution is -0.133. The highest BCUT2D eigenvalue weighted by molar-refractivity contribution is 7.90. The number of anilines is 1. The van der Waals surface area contributed by atoms with Crippen LogP contribution in [0, 0.1) is 0 Å². The smallest absolute Gasteiger partial charge is 0.325 e. The largest absolute Gasteiger partial charge is 0.326 e. The first-order valence-electron chi connectivity index (χ1n) is 10.1. The highest BCUT2D eigenvalue weighted by Crippen LogP contribution is 2.35. The molecule has 168 valence electrons. The topological polar surface area (TPSA) is 113 Å². The summed E-state index contributed by atoms with van der Waals surface area (Å²) in [5.41, 5.74) is 0.0521. The molecular formula is C24H21N3O5S. The highest BCUT2D eigenvalue weighted by atomic mass is 32.2. The Kier molecular flexibility index (Phi) is 5.73. The molecule has 1 heterocycles. The molecule has 4 amide bonds. The van der Waals surface area contributed by atoms with Gasteiger partial charge in [0, 0.05) is 11.9 Å². The summed E-state index contributed by atoms with van der Waals surface area (Å²) >= 11 is 0. The van der Waals surface area contributed by atoms with Crippen molar-refractivity contribution in [3.05, 3.63) is 96.1 Å². The molecule has 0 aliphatic carbocycles. The van der Waals surface area contributed by atoms with Gasteiger partial charge in [-0.3, -0.25) is 14.5 Å². The van der Waals surface area contributed by atoms with E-state index in [-0.39, 0.29) is 4.90 Å². The van der Waals surface area contributed by atoms with E-state index >= 15 is 0 Å². The molecule has 2 N–H and O–H groups in total. The molecule has 1 saturated heterocycles. The molecule has 0 unspecified atom stereocenters. The minimum absolute atomic E-state index is 0.116. The maximum absolute atomic E-state index is 13.6. The van der Waals surface area contributed by atoms with Gasteiger partial charge in [0.25, 0.3) is 5.91 Å². The lowest BCUT2D eigenvalue weighted by Gasteiger charge is -2.28. The molecule has 8 nitrogen and oxygen atoms in total. The normalized spacial score (nSPS) is 15.2. The summed E-state index contributed by atoms with van der Waals surface area (Å²) in [6.45, 7) is -0.500. The molecule has 0 aromatic heterocycles. The number of carbonyl (C=O) groups excluding carboxylic acids is 3. The molecule has 4 rings (SSSR count). The number of sulfone groups is 1. The SMILES string of the molecule is CS(=O)(=O)c1ccc(NC(=O)CN2C(=O)NC(c3ccccc3)(c3ccccc3)C2=O)cc1. The van der Waals surface area contributed by atoms with Crippen LogP contribution < -0.4 is 10.6 Å². The van der Waals surface area contributed by atoms with Crippen LogP contribution in [0.4, 0.5) is 10.5 Å². The highest BCUT2D eigenvalue weighted by Gasteiger charge is 2.54. The van der Waals surface area contributed by atoms with Gasteiger partial charge in [0.1, 0.15) is 6.54 Å². The fourth-order valence-corrected chi connectivity index (χ4v) is 4.41. The van der Waals surface area contributed by atoms with Gasteiger partial charge in [-0.25, -0.2) is 13.2 Å². The molecule has 0 spiro atoms. The number of rotatable bonds is 6. The monoisotopic (exact) mass is 463 g/mol. The van der Waals surface area contributed by atoms with Crippen LogP contribution in [0.25, 0.3) is 0 Å². The number of amides is 4. The maximum Gasteiger partial charge on any atom is 0.326 e. The fourth-order valence-electron chi connectivity index (χ4n) is 3.78. The summed E-state index contributed by atoms with van der Waals surface area (Å²) in [7, 11) is -3.37. The zero-order valence-corrected chi connectivity index (χ0v) is 18.5. The van der Waals surface area contributed by atoms with E-state index in [1.165, 1.54) is 24.3 Å². The van der Waals surface area contributed by atoms with Crippen LogP contribution in [0.3, 0.4) is 0 Å². The molecular weight excluding hydrogens is 442 g/mol. The van der Waals surface area contributed by atoms with Gasteiger partial charge in [0.15, 0.2) is 15.4 Å². The van der Waals surface area contributed by atoms with Crippen LogP contribution in [0.1, 0.15) is 11.1 Å². The quantitative estimate of drug-likeness (QED) is 0.546. The molecule has 0 saturated carbocycles. The predicted octanol–water partition coefficient (Wildman–Crippen LogP) is 2.52. The Bertz CT molecular complexity index is 1270. The van der Waals surface area contributed by atoms with Gasteiger partial charge in [0.05, 0.1) is 4.90 Å². The first-order valence-corrected chi connectivity index (χ1v) is 12.0. The van der Waals surface area contributed by atoms with Crippen molar-refractivity contribution in [2.45, 2.75) is 10.4 Å². The number of hydrogen-bond donors (Lipinski definition) is 2. The molecule has 0 bridgehead atoms. The van der Waals surface area contributed by atoms with E-state index < -0.39 is 39.8 Å². The second kappa shape index (κ2) is 8.51. The lowest BCUT2D eigenvalue weighted by atomic mass is 9.82. The summed E-state index contributed by atoms with van der Waals surface area (Å²) in [5.74, 6) is -1.16. The lowest BCUT2D eigenvalue weighted by Crippen LogP contribution is -2.45. The molecule has 1 fully saturated rings. The Morgan fingerprint density at radius 3 is 1.88 bits per heavy atom. The number of nitrogens with zero attached hydrogens (tertiary/aromatic N) is 1. The molecule has 3 aromatic carbocycles. The number of hydrogen-bond acceptors (Lipinski definition) is 5. The fraction of sp³-hybridized carbons (Fsp3) is 0.125. The van der Waals surface area contributed by atoms with Gasteiger partial charge in [-0.05, 0) is 35.4 Å². The van der Waals surface area contributed by atoms with E-state index in [4.69, 9.17) is 0 Å². The van der Waals surface area contributed by atoms with E-state index in [1.54, 1.807) is 48.5 Å². The van der Waals surface area contributed by atoms with Crippen LogP contribution in [-0.2, 0) is 25.0 Å². The summed E-state index contributed by atoms with van der Waals surface area (Å²) in [5, 5.41) is 5.37. The number of benzene rings is 3. The Hall–Kier alpha value is -3.98. The average molecular weight is 464 g/mol. The van der Waals surface area contributed by atoms with Crippen molar-refractivity contribution >= 4 is 33.4 Å². The molecule has 3 aromatic rings. The van der Waals surface area contributed by atoms with Gasteiger partial charge in [-0.2, -0.15) is 0 Å². The predicted molar refractivity (Wildman–Crippen MR) is 122 cm³/mol. The molecule has 1 aliphatic rings. The summed E-state index contributed by atoms with van der Waals surface area (Å²) in [6.07, 6.45) is 1.09. The van der Waals surface area contributed by atoms with E-state index in [0.29, 0.717) is 16.8 Å². The second-order valence-electron chi connectivity index (χ2n) is 7.65. The Morgan fingerprint density at radius 2 is 1.39 bits per heavy atom. The zero-order chi connectivity index (χ0) is 23.6. The number of urea groups is 1. The Labute approximate surface area is 191 Å².